The molecule has 212 valence electrons. The summed E-state index contributed by atoms with van der Waals surface area (Å²) in [6, 6.07) is 15.7. The SMILES string of the molecule is Cc1ccc(C(=O)Nc2ccc(CN3CCN(C)CC3)cc2)cc1C#Cc1cnc(Nc2cnn(CCC#N)c2)nc1. The van der Waals surface area contributed by atoms with E-state index in [9.17, 15) is 4.79 Å². The van der Waals surface area contributed by atoms with Crippen LogP contribution in [-0.2, 0) is 13.1 Å². The van der Waals surface area contributed by atoms with Crippen molar-refractivity contribution in [3.63, 3.8) is 0 Å². The Balaban J connectivity index is 1.18. The molecule has 1 amide bonds. The molecular weight excluding hydrogens is 526 g/mol. The zero-order valence-electron chi connectivity index (χ0n) is 23.8. The molecule has 10 heteroatoms. The molecule has 2 N–H and O–H groups in total. The lowest BCUT2D eigenvalue weighted by atomic mass is 10.0. The summed E-state index contributed by atoms with van der Waals surface area (Å²) in [4.78, 5) is 26.5. The van der Waals surface area contributed by atoms with Gasteiger partial charge in [0.1, 0.15) is 0 Å². The zero-order valence-corrected chi connectivity index (χ0v) is 23.8. The molecule has 1 fully saturated rings. The number of piperazine rings is 1. The fourth-order valence-electron chi connectivity index (χ4n) is 4.50. The van der Waals surface area contributed by atoms with Crippen LogP contribution in [0.4, 0.5) is 17.3 Å². The summed E-state index contributed by atoms with van der Waals surface area (Å²) in [5, 5.41) is 19.0. The van der Waals surface area contributed by atoms with Crippen molar-refractivity contribution in [2.75, 3.05) is 43.9 Å². The second-order valence-electron chi connectivity index (χ2n) is 10.3. The van der Waals surface area contributed by atoms with Gasteiger partial charge in [-0.2, -0.15) is 10.4 Å². The topological polar surface area (TPSA) is 115 Å². The van der Waals surface area contributed by atoms with Crippen LogP contribution in [0.5, 0.6) is 0 Å². The van der Waals surface area contributed by atoms with Gasteiger partial charge in [-0.15, -0.1) is 0 Å². The second kappa shape index (κ2) is 13.6. The zero-order chi connectivity index (χ0) is 29.3. The molecule has 42 heavy (non-hydrogen) atoms. The van der Waals surface area contributed by atoms with Crippen molar-refractivity contribution in [2.24, 2.45) is 0 Å². The van der Waals surface area contributed by atoms with Crippen LogP contribution in [0.3, 0.4) is 0 Å². The van der Waals surface area contributed by atoms with E-state index in [0.29, 0.717) is 30.0 Å². The molecule has 2 aromatic carbocycles. The standard InChI is InChI=1S/C32H33N9O/c1-24-4-8-28(31(42)37-29-10-6-25(7-11-29)22-40-16-14-39(2)15-17-40)18-27(24)9-5-26-19-34-32(35-20-26)38-30-21-36-41(23-30)13-3-12-33/h4,6-8,10-11,18-21,23H,3,13-17,22H2,1-2H3,(H,37,42)(H,34,35,38). The van der Waals surface area contributed by atoms with E-state index in [-0.39, 0.29) is 5.91 Å². The molecule has 0 radical (unpaired) electrons. The lowest BCUT2D eigenvalue weighted by molar-refractivity contribution is 0.102. The number of nitriles is 1. The Labute approximate surface area is 246 Å². The van der Waals surface area contributed by atoms with E-state index in [4.69, 9.17) is 5.26 Å². The summed E-state index contributed by atoms with van der Waals surface area (Å²) >= 11 is 0. The largest absolute Gasteiger partial charge is 0.322 e. The van der Waals surface area contributed by atoms with Gasteiger partial charge in [-0.25, -0.2) is 9.97 Å². The smallest absolute Gasteiger partial charge is 0.255 e. The number of carbonyl (C=O) groups is 1. The maximum absolute atomic E-state index is 13.0. The van der Waals surface area contributed by atoms with E-state index in [1.165, 1.54) is 5.56 Å². The Bertz CT molecular complexity index is 1620. The number of anilines is 3. The number of likely N-dealkylation sites (N-methyl/N-ethyl adjacent to an activating group) is 1. The van der Waals surface area contributed by atoms with E-state index in [1.54, 1.807) is 35.5 Å². The highest BCUT2D eigenvalue weighted by Gasteiger charge is 2.14. The Morgan fingerprint density at radius 2 is 1.74 bits per heavy atom. The molecule has 5 rings (SSSR count). The van der Waals surface area contributed by atoms with Gasteiger partial charge in [0.15, 0.2) is 0 Å². The van der Waals surface area contributed by atoms with Gasteiger partial charge in [-0.3, -0.25) is 14.4 Å². The van der Waals surface area contributed by atoms with Crippen molar-refractivity contribution >= 4 is 23.2 Å². The summed E-state index contributed by atoms with van der Waals surface area (Å²) in [5.74, 6) is 6.48. The molecule has 3 heterocycles. The number of aryl methyl sites for hydroxylation is 2. The molecule has 0 spiro atoms. The molecule has 0 atom stereocenters. The molecule has 4 aromatic rings. The molecule has 0 saturated carbocycles. The van der Waals surface area contributed by atoms with Gasteiger partial charge in [-0.05, 0) is 49.4 Å². The van der Waals surface area contributed by atoms with Gasteiger partial charge in [0.05, 0.1) is 36.5 Å². The van der Waals surface area contributed by atoms with Gasteiger partial charge in [0.25, 0.3) is 5.91 Å². The minimum Gasteiger partial charge on any atom is -0.322 e. The number of nitrogens with zero attached hydrogens (tertiary/aromatic N) is 7. The van der Waals surface area contributed by atoms with Crippen LogP contribution < -0.4 is 10.6 Å². The van der Waals surface area contributed by atoms with Crippen molar-refractivity contribution in [1.82, 2.24) is 29.5 Å². The molecule has 0 bridgehead atoms. The summed E-state index contributed by atoms with van der Waals surface area (Å²) in [6.07, 6.45) is 7.13. The number of nitrogens with one attached hydrogen (secondary N) is 2. The van der Waals surface area contributed by atoms with Crippen LogP contribution in [0.2, 0.25) is 0 Å². The molecule has 2 aromatic heterocycles. The van der Waals surface area contributed by atoms with Crippen molar-refractivity contribution in [3.8, 4) is 17.9 Å². The quantitative estimate of drug-likeness (QED) is 0.311. The maximum atomic E-state index is 13.0. The van der Waals surface area contributed by atoms with E-state index in [2.05, 4.69) is 72.6 Å². The van der Waals surface area contributed by atoms with E-state index in [0.717, 1.165) is 55.2 Å². The highest BCUT2D eigenvalue weighted by Crippen LogP contribution is 2.16. The number of benzene rings is 2. The first-order chi connectivity index (χ1) is 20.4. The number of hydrogen-bond acceptors (Lipinski definition) is 8. The van der Waals surface area contributed by atoms with E-state index < -0.39 is 0 Å². The normalized spacial score (nSPS) is 13.5. The maximum Gasteiger partial charge on any atom is 0.255 e. The number of rotatable bonds is 8. The number of carbonyl (C=O) groups excluding carboxylic acids is 1. The fourth-order valence-corrected chi connectivity index (χ4v) is 4.50. The molecule has 0 aliphatic carbocycles. The van der Waals surface area contributed by atoms with Crippen molar-refractivity contribution in [3.05, 3.63) is 95.1 Å². The van der Waals surface area contributed by atoms with Crippen LogP contribution in [0.25, 0.3) is 0 Å². The number of aromatic nitrogens is 4. The summed E-state index contributed by atoms with van der Waals surface area (Å²) < 4.78 is 1.69. The first kappa shape index (κ1) is 28.5. The van der Waals surface area contributed by atoms with Gasteiger partial charge in [0, 0.05) is 68.1 Å². The lowest BCUT2D eigenvalue weighted by Crippen LogP contribution is -2.43. The van der Waals surface area contributed by atoms with E-state index >= 15 is 0 Å². The highest BCUT2D eigenvalue weighted by molar-refractivity contribution is 6.04. The van der Waals surface area contributed by atoms with Crippen molar-refractivity contribution in [2.45, 2.75) is 26.4 Å². The molecule has 1 aliphatic heterocycles. The van der Waals surface area contributed by atoms with Gasteiger partial charge >= 0.3 is 0 Å². The molecule has 10 nitrogen and oxygen atoms in total. The Morgan fingerprint density at radius 3 is 2.48 bits per heavy atom. The fraction of sp³-hybridized carbons (Fsp3) is 0.281. The second-order valence-corrected chi connectivity index (χ2v) is 10.3. The van der Waals surface area contributed by atoms with Crippen LogP contribution in [0.15, 0.2) is 67.3 Å². The van der Waals surface area contributed by atoms with Crippen molar-refractivity contribution < 1.29 is 4.79 Å². The van der Waals surface area contributed by atoms with Gasteiger partial charge in [-0.1, -0.05) is 30.0 Å². The Morgan fingerprint density at radius 1 is 0.976 bits per heavy atom. The van der Waals surface area contributed by atoms with Crippen LogP contribution in [-0.4, -0.2) is 68.7 Å². The lowest BCUT2D eigenvalue weighted by Gasteiger charge is -2.32. The minimum atomic E-state index is -0.181. The van der Waals surface area contributed by atoms with Gasteiger partial charge in [0.2, 0.25) is 5.95 Å². The van der Waals surface area contributed by atoms with Crippen LogP contribution in [0.1, 0.15) is 39.0 Å². The van der Waals surface area contributed by atoms with Crippen molar-refractivity contribution in [1.29, 1.82) is 5.26 Å². The van der Waals surface area contributed by atoms with Gasteiger partial charge < -0.3 is 15.5 Å². The van der Waals surface area contributed by atoms with Crippen LogP contribution in [0, 0.1) is 30.1 Å². The molecular formula is C32H33N9O. The minimum absolute atomic E-state index is 0.181. The molecule has 1 aliphatic rings. The van der Waals surface area contributed by atoms with E-state index in [1.807, 2.05) is 31.2 Å². The first-order valence-electron chi connectivity index (χ1n) is 13.9. The number of hydrogen-bond donors (Lipinski definition) is 2. The summed E-state index contributed by atoms with van der Waals surface area (Å²) in [6.45, 7) is 7.74. The predicted molar refractivity (Wildman–Crippen MR) is 162 cm³/mol. The Hall–Kier alpha value is -5.03. The monoisotopic (exact) mass is 559 g/mol. The molecule has 1 saturated heterocycles. The third-order valence-electron chi connectivity index (χ3n) is 7.05. The average Bonchev–Trinajstić information content (AvgIpc) is 3.45. The summed E-state index contributed by atoms with van der Waals surface area (Å²) in [5.41, 5.74) is 5.65. The third kappa shape index (κ3) is 7.79. The average molecular weight is 560 g/mol. The predicted octanol–water partition coefficient (Wildman–Crippen LogP) is 4.04. The number of amides is 1. The summed E-state index contributed by atoms with van der Waals surface area (Å²) in [7, 11) is 2.16. The van der Waals surface area contributed by atoms with Crippen LogP contribution >= 0.6 is 0 Å². The highest BCUT2D eigenvalue weighted by atomic mass is 16.1. The molecule has 0 unspecified atom stereocenters. The Kier molecular flexibility index (Phi) is 9.20. The third-order valence-corrected chi connectivity index (χ3v) is 7.05. The first-order valence-corrected chi connectivity index (χ1v) is 13.9.